The van der Waals surface area contributed by atoms with Crippen molar-refractivity contribution >= 4 is 17.0 Å². The standard InChI is InChI=1S/C3H7NO2.H2O3S/c1-4-2-3(5)6;1-4(2)3/h4H,2H2,1H3,(H,5,6);4H,(H,1,2,3). The van der Waals surface area contributed by atoms with Gasteiger partial charge in [-0.3, -0.25) is 9.35 Å². The molecule has 0 aromatic rings. The second kappa shape index (κ2) is 8.34. The maximum atomic E-state index is 9.54. The SMILES string of the molecule is CNCC(=O)O.O=[SH](=O)O. The minimum atomic E-state index is -3.12. The molecule has 3 N–H and O–H groups in total. The van der Waals surface area contributed by atoms with E-state index < -0.39 is 17.0 Å². The normalized spacial score (nSPS) is 8.30. The van der Waals surface area contributed by atoms with Gasteiger partial charge in [-0.1, -0.05) is 0 Å². The summed E-state index contributed by atoms with van der Waals surface area (Å²) in [6.07, 6.45) is 0. The van der Waals surface area contributed by atoms with Gasteiger partial charge in [-0.2, -0.15) is 0 Å². The Bertz CT molecular complexity index is 145. The van der Waals surface area contributed by atoms with E-state index in [2.05, 4.69) is 5.32 Å². The number of thiol groups is 1. The van der Waals surface area contributed by atoms with Crippen LogP contribution in [-0.4, -0.2) is 37.6 Å². The lowest BCUT2D eigenvalue weighted by molar-refractivity contribution is -0.135. The van der Waals surface area contributed by atoms with Crippen LogP contribution in [0.1, 0.15) is 0 Å². The molecule has 0 saturated heterocycles. The van der Waals surface area contributed by atoms with E-state index in [0.717, 1.165) is 0 Å². The number of likely N-dealkylation sites (N-methyl/N-ethyl adjacent to an activating group) is 1. The van der Waals surface area contributed by atoms with Crippen LogP contribution < -0.4 is 5.32 Å². The zero-order valence-corrected chi connectivity index (χ0v) is 6.17. The largest absolute Gasteiger partial charge is 0.480 e. The molecule has 0 amide bonds. The molecule has 0 bridgehead atoms. The molecule has 0 saturated carbocycles. The first-order valence-electron chi connectivity index (χ1n) is 2.20. The van der Waals surface area contributed by atoms with E-state index in [4.69, 9.17) is 18.1 Å². The minimum absolute atomic E-state index is 0.0417. The van der Waals surface area contributed by atoms with Crippen molar-refractivity contribution in [1.82, 2.24) is 5.32 Å². The molecule has 0 spiro atoms. The summed E-state index contributed by atoms with van der Waals surface area (Å²) in [5, 5.41) is 10.3. The highest BCUT2D eigenvalue weighted by Crippen LogP contribution is 1.50. The average Bonchev–Trinajstić information content (AvgIpc) is 1.62. The molecule has 0 aromatic heterocycles. The third-order valence-electron chi connectivity index (χ3n) is 0.328. The molecule has 0 atom stereocenters. The average molecular weight is 171 g/mol. The summed E-state index contributed by atoms with van der Waals surface area (Å²) in [5.74, 6) is -0.822. The van der Waals surface area contributed by atoms with Crippen molar-refractivity contribution < 1.29 is 22.9 Å². The maximum Gasteiger partial charge on any atom is 0.317 e. The lowest BCUT2D eigenvalue weighted by atomic mass is 10.7. The molecule has 0 aliphatic rings. The van der Waals surface area contributed by atoms with Crippen LogP contribution in [0.3, 0.4) is 0 Å². The maximum absolute atomic E-state index is 9.54. The summed E-state index contributed by atoms with van der Waals surface area (Å²) in [6, 6.07) is 0. The Labute approximate surface area is 59.6 Å². The Morgan fingerprint density at radius 3 is 1.90 bits per heavy atom. The molecule has 0 aliphatic carbocycles. The van der Waals surface area contributed by atoms with Crippen LogP contribution in [0.5, 0.6) is 0 Å². The van der Waals surface area contributed by atoms with Gasteiger partial charge in [0.15, 0.2) is 0 Å². The third kappa shape index (κ3) is 53.9. The van der Waals surface area contributed by atoms with Crippen LogP contribution in [0.2, 0.25) is 0 Å². The summed E-state index contributed by atoms with van der Waals surface area (Å²) in [5.41, 5.74) is 0. The fraction of sp³-hybridized carbons (Fsp3) is 0.667. The Balaban J connectivity index is 0. The van der Waals surface area contributed by atoms with Crippen molar-refractivity contribution in [1.29, 1.82) is 0 Å². The lowest BCUT2D eigenvalue weighted by Gasteiger charge is -1.84. The Kier molecular flexibility index (Phi) is 10.1. The van der Waals surface area contributed by atoms with Crippen molar-refractivity contribution in [2.45, 2.75) is 0 Å². The number of hydrogen-bond donors (Lipinski definition) is 4. The second-order valence-electron chi connectivity index (χ2n) is 1.16. The molecule has 0 radical (unpaired) electrons. The molecular weight excluding hydrogens is 162 g/mol. The topological polar surface area (TPSA) is 104 Å². The van der Waals surface area contributed by atoms with E-state index in [1.807, 2.05) is 0 Å². The van der Waals surface area contributed by atoms with Crippen molar-refractivity contribution in [2.75, 3.05) is 13.6 Å². The van der Waals surface area contributed by atoms with Gasteiger partial charge < -0.3 is 10.4 Å². The molecule has 0 aromatic carbocycles. The molecule has 7 heteroatoms. The molecule has 6 nitrogen and oxygen atoms in total. The van der Waals surface area contributed by atoms with E-state index >= 15 is 0 Å². The number of nitrogens with one attached hydrogen (secondary N) is 1. The highest BCUT2D eigenvalue weighted by Gasteiger charge is 1.86. The van der Waals surface area contributed by atoms with E-state index in [9.17, 15) is 4.79 Å². The van der Waals surface area contributed by atoms with Gasteiger partial charge in [0.25, 0.3) is 11.0 Å². The van der Waals surface area contributed by atoms with Gasteiger partial charge in [0.2, 0.25) is 0 Å². The number of hydrogen-bond acceptors (Lipinski definition) is 4. The minimum Gasteiger partial charge on any atom is -0.480 e. The predicted octanol–water partition coefficient (Wildman–Crippen LogP) is -1.64. The number of aliphatic carboxylic acids is 1. The molecule has 0 rings (SSSR count). The summed E-state index contributed by atoms with van der Waals surface area (Å²) in [6.45, 7) is 0.0417. The van der Waals surface area contributed by atoms with E-state index in [1.54, 1.807) is 7.05 Å². The first-order chi connectivity index (χ1) is 4.50. The zero-order chi connectivity index (χ0) is 8.57. The van der Waals surface area contributed by atoms with Gasteiger partial charge in [0.1, 0.15) is 0 Å². The zero-order valence-electron chi connectivity index (χ0n) is 5.27. The summed E-state index contributed by atoms with van der Waals surface area (Å²) >= 11 is 0. The first kappa shape index (κ1) is 12.1. The molecule has 0 aliphatic heterocycles. The van der Waals surface area contributed by atoms with Crippen LogP contribution >= 0.6 is 0 Å². The molecule has 0 unspecified atom stereocenters. The summed E-state index contributed by atoms with van der Waals surface area (Å²) < 4.78 is 24.2. The first-order valence-corrected chi connectivity index (χ1v) is 3.33. The molecule has 10 heavy (non-hydrogen) atoms. The monoisotopic (exact) mass is 171 g/mol. The van der Waals surface area contributed by atoms with E-state index in [1.165, 1.54) is 0 Å². The fourth-order valence-corrected chi connectivity index (χ4v) is 0.151. The lowest BCUT2D eigenvalue weighted by Crippen LogP contribution is -2.16. The van der Waals surface area contributed by atoms with Crippen molar-refractivity contribution in [3.63, 3.8) is 0 Å². The predicted molar refractivity (Wildman–Crippen MR) is 34.5 cm³/mol. The van der Waals surface area contributed by atoms with E-state index in [-0.39, 0.29) is 6.54 Å². The fourth-order valence-electron chi connectivity index (χ4n) is 0.151. The Morgan fingerprint density at radius 2 is 1.90 bits per heavy atom. The van der Waals surface area contributed by atoms with Crippen molar-refractivity contribution in [2.24, 2.45) is 0 Å². The summed E-state index contributed by atoms with van der Waals surface area (Å²) in [4.78, 5) is 9.54. The van der Waals surface area contributed by atoms with Crippen molar-refractivity contribution in [3.8, 4) is 0 Å². The van der Waals surface area contributed by atoms with Crippen LogP contribution in [0.25, 0.3) is 0 Å². The van der Waals surface area contributed by atoms with Gasteiger partial charge in [-0.05, 0) is 7.05 Å². The quantitative estimate of drug-likeness (QED) is 0.293. The van der Waals surface area contributed by atoms with Crippen LogP contribution in [0, 0.1) is 0 Å². The van der Waals surface area contributed by atoms with Crippen molar-refractivity contribution in [3.05, 3.63) is 0 Å². The van der Waals surface area contributed by atoms with Gasteiger partial charge in [0.05, 0.1) is 6.54 Å². The highest BCUT2D eigenvalue weighted by atomic mass is 32.2. The van der Waals surface area contributed by atoms with Gasteiger partial charge in [0, 0.05) is 0 Å². The van der Waals surface area contributed by atoms with Crippen LogP contribution in [-0.2, 0) is 15.8 Å². The molecule has 0 fully saturated rings. The second-order valence-corrected chi connectivity index (χ2v) is 1.64. The Hall–Kier alpha value is -0.660. The number of carboxylic acids is 1. The number of carboxylic acid groups (broad SMARTS) is 1. The number of rotatable bonds is 2. The molecule has 62 valence electrons. The molecule has 0 heterocycles. The van der Waals surface area contributed by atoms with Gasteiger partial charge in [-0.25, -0.2) is 8.42 Å². The van der Waals surface area contributed by atoms with Gasteiger partial charge >= 0.3 is 5.97 Å². The highest BCUT2D eigenvalue weighted by molar-refractivity contribution is 7.66. The van der Waals surface area contributed by atoms with Gasteiger partial charge in [-0.15, -0.1) is 0 Å². The van der Waals surface area contributed by atoms with E-state index in [0.29, 0.717) is 0 Å². The molecular formula is C3H9NO5S. The number of carbonyl (C=O) groups is 1. The third-order valence-corrected chi connectivity index (χ3v) is 0.328. The Morgan fingerprint density at radius 1 is 1.60 bits per heavy atom. The summed E-state index contributed by atoms with van der Waals surface area (Å²) in [7, 11) is -1.53. The van der Waals surface area contributed by atoms with Crippen LogP contribution in [0.15, 0.2) is 0 Å². The smallest absolute Gasteiger partial charge is 0.317 e. The van der Waals surface area contributed by atoms with Crippen LogP contribution in [0.4, 0.5) is 0 Å².